The number of hydrogen-bond donors (Lipinski definition) is 2. The molecule has 2 rings (SSSR count). The summed E-state index contributed by atoms with van der Waals surface area (Å²) in [4.78, 5) is 8.15. The zero-order chi connectivity index (χ0) is 11.5. The number of nitrogen functional groups attached to an aromatic ring is 1. The van der Waals surface area contributed by atoms with Crippen LogP contribution in [0.5, 0.6) is 11.6 Å². The van der Waals surface area contributed by atoms with Crippen LogP contribution in [0.1, 0.15) is 0 Å². The molecule has 5 nitrogen and oxygen atoms in total. The van der Waals surface area contributed by atoms with E-state index in [4.69, 9.17) is 10.5 Å². The van der Waals surface area contributed by atoms with Crippen molar-refractivity contribution in [1.82, 2.24) is 9.97 Å². The molecule has 0 aliphatic carbocycles. The second-order valence-electron chi connectivity index (χ2n) is 3.18. The SMILES string of the molecule is COc1cc(N)nc(-c2ccccc2O)n1. The minimum atomic E-state index is 0.107. The lowest BCUT2D eigenvalue weighted by molar-refractivity contribution is 0.397. The number of ether oxygens (including phenoxy) is 1. The van der Waals surface area contributed by atoms with Gasteiger partial charge in [0.05, 0.1) is 12.7 Å². The Balaban J connectivity index is 2.56. The van der Waals surface area contributed by atoms with Crippen LogP contribution in [-0.2, 0) is 0 Å². The van der Waals surface area contributed by atoms with Gasteiger partial charge in [0, 0.05) is 6.07 Å². The van der Waals surface area contributed by atoms with Crippen LogP contribution in [0.25, 0.3) is 11.4 Å². The number of benzene rings is 1. The molecule has 2 aromatic rings. The van der Waals surface area contributed by atoms with Crippen molar-refractivity contribution in [3.05, 3.63) is 30.3 Å². The number of nitrogens with zero attached hydrogens (tertiary/aromatic N) is 2. The molecule has 0 saturated carbocycles. The van der Waals surface area contributed by atoms with E-state index < -0.39 is 0 Å². The predicted molar refractivity (Wildman–Crippen MR) is 60.1 cm³/mol. The summed E-state index contributed by atoms with van der Waals surface area (Å²) < 4.78 is 4.98. The number of phenols is 1. The lowest BCUT2D eigenvalue weighted by Crippen LogP contribution is -1.98. The van der Waals surface area contributed by atoms with Crippen LogP contribution >= 0.6 is 0 Å². The van der Waals surface area contributed by atoms with Gasteiger partial charge in [0.25, 0.3) is 0 Å². The molecular weight excluding hydrogens is 206 g/mol. The molecule has 0 aliphatic heterocycles. The van der Waals surface area contributed by atoms with Crippen LogP contribution < -0.4 is 10.5 Å². The van der Waals surface area contributed by atoms with Gasteiger partial charge in [0.1, 0.15) is 11.6 Å². The van der Waals surface area contributed by atoms with E-state index in [1.807, 2.05) is 0 Å². The minimum absolute atomic E-state index is 0.107. The summed E-state index contributed by atoms with van der Waals surface area (Å²) in [5, 5.41) is 9.66. The van der Waals surface area contributed by atoms with Crippen LogP contribution in [0.2, 0.25) is 0 Å². The molecule has 0 spiro atoms. The van der Waals surface area contributed by atoms with Crippen LogP contribution in [0.3, 0.4) is 0 Å². The Morgan fingerprint density at radius 1 is 1.25 bits per heavy atom. The van der Waals surface area contributed by atoms with Crippen LogP contribution in [0, 0.1) is 0 Å². The van der Waals surface area contributed by atoms with E-state index in [0.29, 0.717) is 23.1 Å². The lowest BCUT2D eigenvalue weighted by Gasteiger charge is -2.05. The average Bonchev–Trinajstić information content (AvgIpc) is 2.28. The summed E-state index contributed by atoms with van der Waals surface area (Å²) in [6.07, 6.45) is 0. The summed E-state index contributed by atoms with van der Waals surface area (Å²) >= 11 is 0. The lowest BCUT2D eigenvalue weighted by atomic mass is 10.2. The molecule has 3 N–H and O–H groups in total. The molecule has 0 fully saturated rings. The number of aromatic hydroxyl groups is 1. The van der Waals surface area contributed by atoms with Crippen molar-refractivity contribution in [2.45, 2.75) is 0 Å². The highest BCUT2D eigenvalue weighted by Crippen LogP contribution is 2.27. The van der Waals surface area contributed by atoms with Gasteiger partial charge in [0.2, 0.25) is 5.88 Å². The van der Waals surface area contributed by atoms with E-state index in [1.54, 1.807) is 24.3 Å². The fraction of sp³-hybridized carbons (Fsp3) is 0.0909. The number of rotatable bonds is 2. The Morgan fingerprint density at radius 2 is 2.00 bits per heavy atom. The smallest absolute Gasteiger partial charge is 0.218 e. The molecular formula is C11H11N3O2. The molecule has 16 heavy (non-hydrogen) atoms. The van der Waals surface area contributed by atoms with Crippen molar-refractivity contribution in [2.24, 2.45) is 0 Å². The molecule has 82 valence electrons. The number of anilines is 1. The second kappa shape index (κ2) is 4.06. The van der Waals surface area contributed by atoms with E-state index in [1.165, 1.54) is 13.2 Å². The zero-order valence-electron chi connectivity index (χ0n) is 8.71. The monoisotopic (exact) mass is 217 g/mol. The third-order valence-corrected chi connectivity index (χ3v) is 2.08. The molecule has 5 heteroatoms. The largest absolute Gasteiger partial charge is 0.507 e. The first-order chi connectivity index (χ1) is 7.70. The number of aromatic nitrogens is 2. The Bertz CT molecular complexity index is 514. The van der Waals surface area contributed by atoms with Gasteiger partial charge in [-0.05, 0) is 12.1 Å². The summed E-state index contributed by atoms with van der Waals surface area (Å²) in [7, 11) is 1.50. The van der Waals surface area contributed by atoms with Crippen LogP contribution in [0.4, 0.5) is 5.82 Å². The summed E-state index contributed by atoms with van der Waals surface area (Å²) in [6, 6.07) is 8.30. The maximum Gasteiger partial charge on any atom is 0.218 e. The normalized spacial score (nSPS) is 10.1. The van der Waals surface area contributed by atoms with E-state index >= 15 is 0 Å². The molecule has 0 amide bonds. The molecule has 0 bridgehead atoms. The maximum atomic E-state index is 9.66. The van der Waals surface area contributed by atoms with Crippen molar-refractivity contribution in [2.75, 3.05) is 12.8 Å². The maximum absolute atomic E-state index is 9.66. The number of nitrogens with two attached hydrogens (primary N) is 1. The Labute approximate surface area is 92.5 Å². The predicted octanol–water partition coefficient (Wildman–Crippen LogP) is 1.44. The van der Waals surface area contributed by atoms with E-state index in [-0.39, 0.29) is 5.75 Å². The van der Waals surface area contributed by atoms with E-state index in [9.17, 15) is 5.11 Å². The molecule has 0 radical (unpaired) electrons. The van der Waals surface area contributed by atoms with Crippen LogP contribution in [-0.4, -0.2) is 22.2 Å². The Morgan fingerprint density at radius 3 is 2.69 bits per heavy atom. The topological polar surface area (TPSA) is 81.3 Å². The number of methoxy groups -OCH3 is 1. The van der Waals surface area contributed by atoms with Gasteiger partial charge < -0.3 is 15.6 Å². The Kier molecular flexibility index (Phi) is 2.59. The fourth-order valence-corrected chi connectivity index (χ4v) is 1.33. The highest BCUT2D eigenvalue weighted by molar-refractivity contribution is 5.64. The third kappa shape index (κ3) is 1.88. The standard InChI is InChI=1S/C11H11N3O2/c1-16-10-6-9(12)13-11(14-10)7-4-2-3-5-8(7)15/h2-6,15H,1H3,(H2,12,13,14). The first-order valence-electron chi connectivity index (χ1n) is 4.67. The fourth-order valence-electron chi connectivity index (χ4n) is 1.33. The molecule has 0 saturated heterocycles. The van der Waals surface area contributed by atoms with Crippen molar-refractivity contribution in [3.8, 4) is 23.0 Å². The van der Waals surface area contributed by atoms with Gasteiger partial charge >= 0.3 is 0 Å². The van der Waals surface area contributed by atoms with Crippen LogP contribution in [0.15, 0.2) is 30.3 Å². The average molecular weight is 217 g/mol. The number of phenolic OH excluding ortho intramolecular Hbond substituents is 1. The second-order valence-corrected chi connectivity index (χ2v) is 3.18. The third-order valence-electron chi connectivity index (χ3n) is 2.08. The molecule has 1 aromatic carbocycles. The molecule has 0 unspecified atom stereocenters. The minimum Gasteiger partial charge on any atom is -0.507 e. The highest BCUT2D eigenvalue weighted by Gasteiger charge is 2.09. The molecule has 1 heterocycles. The van der Waals surface area contributed by atoms with E-state index in [0.717, 1.165) is 0 Å². The van der Waals surface area contributed by atoms with Gasteiger partial charge in [-0.15, -0.1) is 0 Å². The molecule has 0 aliphatic rings. The van der Waals surface area contributed by atoms with E-state index in [2.05, 4.69) is 9.97 Å². The van der Waals surface area contributed by atoms with Gasteiger partial charge in [-0.2, -0.15) is 4.98 Å². The number of para-hydroxylation sites is 1. The number of hydrogen-bond acceptors (Lipinski definition) is 5. The summed E-state index contributed by atoms with van der Waals surface area (Å²) in [5.74, 6) is 1.11. The zero-order valence-corrected chi connectivity index (χ0v) is 8.71. The first kappa shape index (κ1) is 10.2. The van der Waals surface area contributed by atoms with Gasteiger partial charge in [-0.1, -0.05) is 12.1 Å². The quantitative estimate of drug-likeness (QED) is 0.795. The first-order valence-corrected chi connectivity index (χ1v) is 4.67. The Hall–Kier alpha value is -2.30. The summed E-state index contributed by atoms with van der Waals surface area (Å²) in [6.45, 7) is 0. The van der Waals surface area contributed by atoms with Gasteiger partial charge in [0.15, 0.2) is 5.82 Å². The highest BCUT2D eigenvalue weighted by atomic mass is 16.5. The van der Waals surface area contributed by atoms with Crippen molar-refractivity contribution >= 4 is 5.82 Å². The van der Waals surface area contributed by atoms with Gasteiger partial charge in [-0.3, -0.25) is 0 Å². The van der Waals surface area contributed by atoms with Gasteiger partial charge in [-0.25, -0.2) is 4.98 Å². The van der Waals surface area contributed by atoms with Crippen molar-refractivity contribution in [3.63, 3.8) is 0 Å². The molecule has 0 atom stereocenters. The molecule has 1 aromatic heterocycles. The summed E-state index contributed by atoms with van der Waals surface area (Å²) in [5.41, 5.74) is 6.13. The van der Waals surface area contributed by atoms with Crippen molar-refractivity contribution < 1.29 is 9.84 Å². The van der Waals surface area contributed by atoms with Crippen molar-refractivity contribution in [1.29, 1.82) is 0 Å².